The first-order valence-electron chi connectivity index (χ1n) is 7.03. The molecule has 5 heteroatoms. The molecule has 1 aliphatic carbocycles. The maximum atomic E-state index is 10.8. The average Bonchev–Trinajstić information content (AvgIpc) is 2.56. The van der Waals surface area contributed by atoms with E-state index in [2.05, 4.69) is 29.4 Å². The molecular formula is C17H19NO3S. The zero-order chi connectivity index (χ0) is 16.0. The van der Waals surface area contributed by atoms with Gasteiger partial charge in [-0.05, 0) is 11.8 Å². The molecule has 0 fully saturated rings. The lowest BCUT2D eigenvalue weighted by Crippen LogP contribution is -2.33. The number of oxime groups is 1. The Kier molecular flexibility index (Phi) is 5.44. The van der Waals surface area contributed by atoms with E-state index in [-0.39, 0.29) is 18.8 Å². The maximum Gasteiger partial charge on any atom is 0.303 e. The first kappa shape index (κ1) is 16.4. The third kappa shape index (κ3) is 3.60. The first-order chi connectivity index (χ1) is 10.6. The number of nitrogens with zero attached hydrogens (tertiary/aromatic N) is 1. The fraction of sp³-hybridized carbons (Fsp3) is 0.294. The van der Waals surface area contributed by atoms with Gasteiger partial charge in [0.05, 0.1) is 16.9 Å². The summed E-state index contributed by atoms with van der Waals surface area (Å²) in [4.78, 5) is 10.8. The standard InChI is InChI=1S/C17H19NO3S/c1-22-17(15(18-21)7-8-16(19)20)11-9-14(10-12-17)13-5-3-2-4-6-13/h2-6,9-12,14,21H,7-8H2,1H3,(H,19,20)/b18-15-. The number of carboxylic acids is 1. The van der Waals surface area contributed by atoms with Crippen molar-refractivity contribution in [3.63, 3.8) is 0 Å². The molecule has 0 amide bonds. The van der Waals surface area contributed by atoms with Gasteiger partial charge in [0.2, 0.25) is 0 Å². The molecule has 1 aromatic rings. The van der Waals surface area contributed by atoms with Crippen LogP contribution in [0.15, 0.2) is 59.8 Å². The third-order valence-corrected chi connectivity index (χ3v) is 4.96. The number of carbonyl (C=O) groups is 1. The smallest absolute Gasteiger partial charge is 0.303 e. The summed E-state index contributed by atoms with van der Waals surface area (Å²) in [6.45, 7) is 0. The van der Waals surface area contributed by atoms with Crippen molar-refractivity contribution in [1.82, 2.24) is 0 Å². The lowest BCUT2D eigenvalue weighted by atomic mass is 9.87. The summed E-state index contributed by atoms with van der Waals surface area (Å²) in [5.41, 5.74) is 1.65. The number of carboxylic acid groups (broad SMARTS) is 1. The highest BCUT2D eigenvalue weighted by molar-refractivity contribution is 8.01. The Hall–Kier alpha value is -2.01. The quantitative estimate of drug-likeness (QED) is 0.363. The molecule has 0 aromatic heterocycles. The van der Waals surface area contributed by atoms with Gasteiger partial charge in [-0.2, -0.15) is 0 Å². The zero-order valence-electron chi connectivity index (χ0n) is 12.3. The normalized spacial score (nSPS) is 24.4. The van der Waals surface area contributed by atoms with Crippen molar-refractivity contribution in [2.24, 2.45) is 5.16 Å². The van der Waals surface area contributed by atoms with E-state index in [1.807, 2.05) is 36.6 Å². The Morgan fingerprint density at radius 3 is 2.36 bits per heavy atom. The van der Waals surface area contributed by atoms with Gasteiger partial charge in [-0.3, -0.25) is 4.79 Å². The Labute approximate surface area is 134 Å². The monoisotopic (exact) mass is 317 g/mol. The molecule has 2 N–H and O–H groups in total. The Bertz CT molecular complexity index is 594. The van der Waals surface area contributed by atoms with Crippen molar-refractivity contribution in [2.75, 3.05) is 6.26 Å². The van der Waals surface area contributed by atoms with Crippen LogP contribution in [0.2, 0.25) is 0 Å². The molecule has 116 valence electrons. The van der Waals surface area contributed by atoms with Gasteiger partial charge in [0.1, 0.15) is 0 Å². The van der Waals surface area contributed by atoms with Gasteiger partial charge < -0.3 is 10.3 Å². The largest absolute Gasteiger partial charge is 0.481 e. The van der Waals surface area contributed by atoms with Gasteiger partial charge in [0, 0.05) is 12.3 Å². The molecule has 1 aliphatic rings. The topological polar surface area (TPSA) is 69.9 Å². The molecule has 0 heterocycles. The van der Waals surface area contributed by atoms with Crippen molar-refractivity contribution in [2.45, 2.75) is 23.5 Å². The fourth-order valence-electron chi connectivity index (χ4n) is 2.51. The molecule has 4 nitrogen and oxygen atoms in total. The third-order valence-electron chi connectivity index (χ3n) is 3.77. The van der Waals surface area contributed by atoms with Crippen molar-refractivity contribution < 1.29 is 15.1 Å². The molecule has 0 spiro atoms. The lowest BCUT2D eigenvalue weighted by molar-refractivity contribution is -0.136. The molecule has 22 heavy (non-hydrogen) atoms. The number of rotatable bonds is 6. The number of hydrogen-bond acceptors (Lipinski definition) is 4. The Balaban J connectivity index is 2.20. The first-order valence-corrected chi connectivity index (χ1v) is 8.26. The summed E-state index contributed by atoms with van der Waals surface area (Å²) in [5.74, 6) is -0.718. The summed E-state index contributed by atoms with van der Waals surface area (Å²) in [6.07, 6.45) is 10.2. The summed E-state index contributed by atoms with van der Waals surface area (Å²) < 4.78 is -0.574. The molecule has 0 radical (unpaired) electrons. The van der Waals surface area contributed by atoms with Gasteiger partial charge >= 0.3 is 5.97 Å². The zero-order valence-corrected chi connectivity index (χ0v) is 13.2. The van der Waals surface area contributed by atoms with Crippen LogP contribution in [-0.2, 0) is 4.79 Å². The van der Waals surface area contributed by atoms with Gasteiger partial charge in [-0.15, -0.1) is 11.8 Å². The second-order valence-corrected chi connectivity index (χ2v) is 6.18. The predicted octanol–water partition coefficient (Wildman–Crippen LogP) is 3.69. The van der Waals surface area contributed by atoms with Crippen LogP contribution in [0.3, 0.4) is 0 Å². The molecule has 2 rings (SSSR count). The summed E-state index contributed by atoms with van der Waals surface area (Å²) in [5, 5.41) is 21.5. The van der Waals surface area contributed by atoms with E-state index in [1.54, 1.807) is 0 Å². The maximum absolute atomic E-state index is 10.8. The Morgan fingerprint density at radius 2 is 1.86 bits per heavy atom. The molecule has 0 aliphatic heterocycles. The van der Waals surface area contributed by atoms with E-state index < -0.39 is 10.7 Å². The van der Waals surface area contributed by atoms with Crippen molar-refractivity contribution in [1.29, 1.82) is 0 Å². The van der Waals surface area contributed by atoms with Gasteiger partial charge in [-0.1, -0.05) is 59.8 Å². The fourth-order valence-corrected chi connectivity index (χ4v) is 3.31. The highest BCUT2D eigenvalue weighted by atomic mass is 32.2. The van der Waals surface area contributed by atoms with Crippen LogP contribution in [-0.4, -0.2) is 33.0 Å². The van der Waals surface area contributed by atoms with Crippen LogP contribution in [0, 0.1) is 0 Å². The summed E-state index contributed by atoms with van der Waals surface area (Å²) >= 11 is 1.52. The van der Waals surface area contributed by atoms with Crippen molar-refractivity contribution in [3.05, 3.63) is 60.2 Å². The van der Waals surface area contributed by atoms with Gasteiger partial charge in [-0.25, -0.2) is 0 Å². The second-order valence-electron chi connectivity index (χ2n) is 5.09. The van der Waals surface area contributed by atoms with Crippen LogP contribution in [0.5, 0.6) is 0 Å². The predicted molar refractivity (Wildman–Crippen MR) is 89.8 cm³/mol. The van der Waals surface area contributed by atoms with E-state index in [0.29, 0.717) is 5.71 Å². The van der Waals surface area contributed by atoms with Crippen LogP contribution in [0.25, 0.3) is 0 Å². The number of hydrogen-bond donors (Lipinski definition) is 2. The lowest BCUT2D eigenvalue weighted by Gasteiger charge is -2.30. The molecule has 1 aromatic carbocycles. The van der Waals surface area contributed by atoms with Crippen molar-refractivity contribution in [3.8, 4) is 0 Å². The SMILES string of the molecule is CSC1(/C(CCC(=O)O)=N\O)C=CC(c2ccccc2)C=C1. The second kappa shape index (κ2) is 7.31. The van der Waals surface area contributed by atoms with E-state index in [4.69, 9.17) is 5.11 Å². The summed E-state index contributed by atoms with van der Waals surface area (Å²) in [6, 6.07) is 10.1. The van der Waals surface area contributed by atoms with Crippen LogP contribution in [0.1, 0.15) is 24.3 Å². The Morgan fingerprint density at radius 1 is 1.23 bits per heavy atom. The minimum atomic E-state index is -0.900. The van der Waals surface area contributed by atoms with Gasteiger partial charge in [0.15, 0.2) is 0 Å². The molecule has 0 atom stereocenters. The van der Waals surface area contributed by atoms with Crippen molar-refractivity contribution >= 4 is 23.4 Å². The number of thioether (sulfide) groups is 1. The van der Waals surface area contributed by atoms with E-state index in [9.17, 15) is 10.0 Å². The summed E-state index contributed by atoms with van der Waals surface area (Å²) in [7, 11) is 0. The van der Waals surface area contributed by atoms with E-state index >= 15 is 0 Å². The highest BCUT2D eigenvalue weighted by Gasteiger charge is 2.33. The minimum absolute atomic E-state index is 0.0501. The average molecular weight is 317 g/mol. The molecular weight excluding hydrogens is 298 g/mol. The van der Waals surface area contributed by atoms with Crippen LogP contribution < -0.4 is 0 Å². The van der Waals surface area contributed by atoms with Gasteiger partial charge in [0.25, 0.3) is 0 Å². The molecule has 0 saturated carbocycles. The molecule has 0 bridgehead atoms. The highest BCUT2D eigenvalue weighted by Crippen LogP contribution is 2.36. The number of aliphatic carboxylic acids is 1. The number of benzene rings is 1. The van der Waals surface area contributed by atoms with E-state index in [0.717, 1.165) is 0 Å². The van der Waals surface area contributed by atoms with E-state index in [1.165, 1.54) is 17.3 Å². The molecule has 0 unspecified atom stereocenters. The van der Waals surface area contributed by atoms with Crippen LogP contribution in [0.4, 0.5) is 0 Å². The number of allylic oxidation sites excluding steroid dienone is 2. The molecule has 0 saturated heterocycles. The van der Waals surface area contributed by atoms with Crippen LogP contribution >= 0.6 is 11.8 Å². The minimum Gasteiger partial charge on any atom is -0.481 e.